The number of rotatable bonds is 11. The molecule has 1 unspecified atom stereocenters. The number of hydrogen-bond donors (Lipinski definition) is 2. The molecule has 0 aliphatic rings. The van der Waals surface area contributed by atoms with Crippen LogP contribution in [-0.2, 0) is 9.53 Å². The third-order valence-electron chi connectivity index (χ3n) is 3.64. The van der Waals surface area contributed by atoms with Crippen molar-refractivity contribution in [3.8, 4) is 0 Å². The van der Waals surface area contributed by atoms with E-state index in [2.05, 4.69) is 31.0 Å². The van der Waals surface area contributed by atoms with Gasteiger partial charge >= 0.3 is 0 Å². The minimum Gasteiger partial charge on any atom is -0.385 e. The Labute approximate surface area is 117 Å². The zero-order valence-corrected chi connectivity index (χ0v) is 13.0. The zero-order chi connectivity index (χ0) is 14.7. The van der Waals surface area contributed by atoms with Crippen molar-refractivity contribution in [2.45, 2.75) is 45.6 Å². The third kappa shape index (κ3) is 6.89. The molecule has 0 aromatic heterocycles. The van der Waals surface area contributed by atoms with Crippen LogP contribution in [0.4, 0.5) is 0 Å². The van der Waals surface area contributed by atoms with Crippen molar-refractivity contribution in [3.63, 3.8) is 0 Å². The first-order valence-corrected chi connectivity index (χ1v) is 7.24. The number of nitrogens with one attached hydrogen (secondary N) is 1. The molecule has 0 aliphatic heterocycles. The van der Waals surface area contributed by atoms with Gasteiger partial charge < -0.3 is 15.8 Å². The number of carbonyl (C=O) groups is 1. The summed E-state index contributed by atoms with van der Waals surface area (Å²) >= 11 is 0. The minimum absolute atomic E-state index is 0.0673. The fourth-order valence-electron chi connectivity index (χ4n) is 1.98. The van der Waals surface area contributed by atoms with Gasteiger partial charge in [-0.15, -0.1) is 0 Å². The summed E-state index contributed by atoms with van der Waals surface area (Å²) in [7, 11) is 1.67. The lowest BCUT2D eigenvalue weighted by molar-refractivity contribution is -0.123. The maximum atomic E-state index is 11.9. The minimum atomic E-state index is -0.0973. The number of carbonyl (C=O) groups excluding carboxylic acids is 1. The van der Waals surface area contributed by atoms with Gasteiger partial charge in [-0.3, -0.25) is 9.69 Å². The molecular weight excluding hydrogens is 242 g/mol. The van der Waals surface area contributed by atoms with Crippen LogP contribution in [0.15, 0.2) is 0 Å². The van der Waals surface area contributed by atoms with Gasteiger partial charge in [-0.25, -0.2) is 0 Å². The Bertz CT molecular complexity index is 243. The second-order valence-electron chi connectivity index (χ2n) is 5.17. The standard InChI is InChI=1S/C14H31N3O2/c1-5-9-17(14(3,6-2)12-15)11-13(18)16-8-7-10-19-4/h5-12,15H2,1-4H3,(H,16,18). The Balaban J connectivity index is 4.29. The number of hydrogen-bond acceptors (Lipinski definition) is 4. The monoisotopic (exact) mass is 273 g/mol. The van der Waals surface area contributed by atoms with E-state index in [1.165, 1.54) is 0 Å². The van der Waals surface area contributed by atoms with E-state index < -0.39 is 0 Å². The summed E-state index contributed by atoms with van der Waals surface area (Å²) in [5.41, 5.74) is 5.78. The fourth-order valence-corrected chi connectivity index (χ4v) is 1.98. The van der Waals surface area contributed by atoms with E-state index in [-0.39, 0.29) is 11.4 Å². The van der Waals surface area contributed by atoms with Crippen LogP contribution < -0.4 is 11.1 Å². The molecule has 0 heterocycles. The van der Waals surface area contributed by atoms with Crippen molar-refractivity contribution < 1.29 is 9.53 Å². The van der Waals surface area contributed by atoms with Crippen LogP contribution in [0.2, 0.25) is 0 Å². The highest BCUT2D eigenvalue weighted by atomic mass is 16.5. The summed E-state index contributed by atoms with van der Waals surface area (Å²) in [6.07, 6.45) is 2.81. The largest absolute Gasteiger partial charge is 0.385 e. The molecule has 0 fully saturated rings. The molecule has 1 amide bonds. The van der Waals surface area contributed by atoms with Gasteiger partial charge in [0.25, 0.3) is 0 Å². The van der Waals surface area contributed by atoms with Crippen molar-refractivity contribution in [2.75, 3.05) is 39.9 Å². The number of nitrogens with two attached hydrogens (primary N) is 1. The Morgan fingerprint density at radius 3 is 2.58 bits per heavy atom. The first kappa shape index (κ1) is 18.4. The summed E-state index contributed by atoms with van der Waals surface area (Å²) in [5.74, 6) is 0.0673. The summed E-state index contributed by atoms with van der Waals surface area (Å²) in [5, 5.41) is 2.93. The molecule has 5 heteroatoms. The maximum Gasteiger partial charge on any atom is 0.234 e. The predicted molar refractivity (Wildman–Crippen MR) is 79.1 cm³/mol. The normalized spacial score (nSPS) is 14.4. The van der Waals surface area contributed by atoms with Crippen LogP contribution in [0.3, 0.4) is 0 Å². The Kier molecular flexibility index (Phi) is 9.83. The van der Waals surface area contributed by atoms with E-state index in [0.717, 1.165) is 25.8 Å². The molecule has 0 aliphatic carbocycles. The second kappa shape index (κ2) is 10.2. The van der Waals surface area contributed by atoms with Gasteiger partial charge in [0.1, 0.15) is 0 Å². The van der Waals surface area contributed by atoms with Gasteiger partial charge in [0, 0.05) is 32.3 Å². The molecule has 5 nitrogen and oxygen atoms in total. The van der Waals surface area contributed by atoms with Crippen LogP contribution in [0.1, 0.15) is 40.0 Å². The molecule has 0 rings (SSSR count). The number of nitrogens with zero attached hydrogens (tertiary/aromatic N) is 1. The number of ether oxygens (including phenoxy) is 1. The van der Waals surface area contributed by atoms with Gasteiger partial charge in [0.05, 0.1) is 6.54 Å². The van der Waals surface area contributed by atoms with E-state index in [1.807, 2.05) is 0 Å². The lowest BCUT2D eigenvalue weighted by Gasteiger charge is -2.39. The van der Waals surface area contributed by atoms with E-state index in [1.54, 1.807) is 7.11 Å². The lowest BCUT2D eigenvalue weighted by atomic mass is 9.96. The van der Waals surface area contributed by atoms with Gasteiger partial charge in [-0.1, -0.05) is 13.8 Å². The number of amides is 1. The summed E-state index contributed by atoms with van der Waals surface area (Å²) < 4.78 is 4.95. The van der Waals surface area contributed by atoms with Crippen molar-refractivity contribution in [2.24, 2.45) is 5.73 Å². The van der Waals surface area contributed by atoms with Crippen LogP contribution >= 0.6 is 0 Å². The molecule has 3 N–H and O–H groups in total. The van der Waals surface area contributed by atoms with E-state index in [0.29, 0.717) is 26.2 Å². The van der Waals surface area contributed by atoms with E-state index in [4.69, 9.17) is 10.5 Å². The van der Waals surface area contributed by atoms with Gasteiger partial charge in [0.2, 0.25) is 5.91 Å². The Hall–Kier alpha value is -0.650. The van der Waals surface area contributed by atoms with Crippen LogP contribution in [0, 0.1) is 0 Å². The molecule has 1 atom stereocenters. The fraction of sp³-hybridized carbons (Fsp3) is 0.929. The number of methoxy groups -OCH3 is 1. The average Bonchev–Trinajstić information content (AvgIpc) is 2.42. The highest BCUT2D eigenvalue weighted by Gasteiger charge is 2.29. The van der Waals surface area contributed by atoms with Gasteiger partial charge in [-0.2, -0.15) is 0 Å². The topological polar surface area (TPSA) is 67.6 Å². The lowest BCUT2D eigenvalue weighted by Crippen LogP contribution is -2.54. The molecule has 0 aromatic rings. The van der Waals surface area contributed by atoms with Crippen LogP contribution in [0.5, 0.6) is 0 Å². The summed E-state index contributed by atoms with van der Waals surface area (Å²) in [6, 6.07) is 0. The van der Waals surface area contributed by atoms with Crippen molar-refractivity contribution in [1.82, 2.24) is 10.2 Å². The molecule has 0 radical (unpaired) electrons. The van der Waals surface area contributed by atoms with Crippen molar-refractivity contribution >= 4 is 5.91 Å². The van der Waals surface area contributed by atoms with Crippen molar-refractivity contribution in [1.29, 1.82) is 0 Å². The SMILES string of the molecule is CCCN(CC(=O)NCCCOC)C(C)(CC)CN. The maximum absolute atomic E-state index is 11.9. The smallest absolute Gasteiger partial charge is 0.234 e. The molecule has 19 heavy (non-hydrogen) atoms. The average molecular weight is 273 g/mol. The third-order valence-corrected chi connectivity index (χ3v) is 3.64. The molecule has 0 aromatic carbocycles. The van der Waals surface area contributed by atoms with Crippen LogP contribution in [0.25, 0.3) is 0 Å². The molecule has 0 saturated carbocycles. The van der Waals surface area contributed by atoms with Crippen LogP contribution in [-0.4, -0.2) is 56.2 Å². The summed E-state index contributed by atoms with van der Waals surface area (Å²) in [6.45, 7) is 9.59. The summed E-state index contributed by atoms with van der Waals surface area (Å²) in [4.78, 5) is 14.1. The molecular formula is C14H31N3O2. The molecule has 0 bridgehead atoms. The van der Waals surface area contributed by atoms with E-state index >= 15 is 0 Å². The molecule has 114 valence electrons. The van der Waals surface area contributed by atoms with Gasteiger partial charge in [-0.05, 0) is 32.7 Å². The first-order chi connectivity index (χ1) is 9.03. The Morgan fingerprint density at radius 2 is 2.11 bits per heavy atom. The predicted octanol–water partition coefficient (Wildman–Crippen LogP) is 0.979. The molecule has 0 spiro atoms. The highest BCUT2D eigenvalue weighted by Crippen LogP contribution is 2.17. The van der Waals surface area contributed by atoms with Gasteiger partial charge in [0.15, 0.2) is 0 Å². The van der Waals surface area contributed by atoms with E-state index in [9.17, 15) is 4.79 Å². The quantitative estimate of drug-likeness (QED) is 0.551. The first-order valence-electron chi connectivity index (χ1n) is 7.24. The molecule has 0 saturated heterocycles. The Morgan fingerprint density at radius 1 is 1.42 bits per heavy atom. The highest BCUT2D eigenvalue weighted by molar-refractivity contribution is 5.78. The second-order valence-corrected chi connectivity index (χ2v) is 5.17. The zero-order valence-electron chi connectivity index (χ0n) is 13.0. The van der Waals surface area contributed by atoms with Crippen molar-refractivity contribution in [3.05, 3.63) is 0 Å².